The minimum Gasteiger partial charge on any atom is -0.361 e. The molecule has 3 nitrogen and oxygen atoms in total. The van der Waals surface area contributed by atoms with E-state index < -0.39 is 0 Å². The number of rotatable bonds is 0. The molecule has 0 unspecified atom stereocenters. The molecule has 0 atom stereocenters. The van der Waals surface area contributed by atoms with Gasteiger partial charge in [0.15, 0.2) is 0 Å². The summed E-state index contributed by atoms with van der Waals surface area (Å²) in [5, 5.41) is 4.31. The van der Waals surface area contributed by atoms with Crippen molar-refractivity contribution in [3.05, 3.63) is 35.5 Å². The summed E-state index contributed by atoms with van der Waals surface area (Å²) in [5.41, 5.74) is 3.36. The lowest BCUT2D eigenvalue weighted by Gasteiger charge is -2.28. The number of nitrogens with one attached hydrogen (secondary N) is 2. The Labute approximate surface area is 100 Å². The van der Waals surface area contributed by atoms with Crippen LogP contribution in [0.3, 0.4) is 0 Å². The fourth-order valence-electron chi connectivity index (χ4n) is 2.74. The van der Waals surface area contributed by atoms with E-state index >= 15 is 0 Å². The maximum atomic E-state index is 11.9. The van der Waals surface area contributed by atoms with Gasteiger partial charge < -0.3 is 10.3 Å². The van der Waals surface area contributed by atoms with Crippen molar-refractivity contribution in [3.8, 4) is 0 Å². The van der Waals surface area contributed by atoms with Crippen LogP contribution in [0.1, 0.15) is 25.0 Å². The molecule has 2 N–H and O–H groups in total. The number of carbonyl (C=O) groups excluding carboxylic acids is 1. The van der Waals surface area contributed by atoms with Crippen molar-refractivity contribution in [2.24, 2.45) is 0 Å². The van der Waals surface area contributed by atoms with Crippen LogP contribution in [0.25, 0.3) is 10.9 Å². The fraction of sp³-hybridized carbons (Fsp3) is 0.357. The maximum absolute atomic E-state index is 11.9. The summed E-state index contributed by atoms with van der Waals surface area (Å²) < 4.78 is 0. The van der Waals surface area contributed by atoms with Gasteiger partial charge in [-0.3, -0.25) is 4.79 Å². The Bertz CT molecular complexity index is 595. The number of H-pyrrole nitrogens is 1. The Morgan fingerprint density at radius 3 is 2.88 bits per heavy atom. The predicted molar refractivity (Wildman–Crippen MR) is 67.9 cm³/mol. The highest BCUT2D eigenvalue weighted by molar-refractivity contribution is 5.92. The Morgan fingerprint density at radius 1 is 1.24 bits per heavy atom. The molecule has 1 amide bonds. The van der Waals surface area contributed by atoms with Crippen molar-refractivity contribution in [1.29, 1.82) is 0 Å². The van der Waals surface area contributed by atoms with Crippen LogP contribution >= 0.6 is 0 Å². The second kappa shape index (κ2) is 3.36. The SMILES string of the molecule is CC1(C)Cc2c[nH]c3cccc(c23)CC(=O)N1. The first kappa shape index (κ1) is 10.4. The van der Waals surface area contributed by atoms with Crippen LogP contribution in [-0.2, 0) is 17.6 Å². The van der Waals surface area contributed by atoms with E-state index in [0.29, 0.717) is 6.42 Å². The van der Waals surface area contributed by atoms with Gasteiger partial charge in [-0.15, -0.1) is 0 Å². The number of aromatic amines is 1. The Morgan fingerprint density at radius 2 is 2.06 bits per heavy atom. The molecule has 0 saturated heterocycles. The van der Waals surface area contributed by atoms with E-state index in [9.17, 15) is 4.79 Å². The minimum atomic E-state index is -0.181. The van der Waals surface area contributed by atoms with Crippen LogP contribution < -0.4 is 5.32 Å². The van der Waals surface area contributed by atoms with Crippen LogP contribution in [0.4, 0.5) is 0 Å². The molecule has 0 spiro atoms. The van der Waals surface area contributed by atoms with E-state index in [2.05, 4.69) is 36.4 Å². The largest absolute Gasteiger partial charge is 0.361 e. The lowest BCUT2D eigenvalue weighted by molar-refractivity contribution is -0.122. The first-order valence-corrected chi connectivity index (χ1v) is 5.94. The molecule has 0 fully saturated rings. The van der Waals surface area contributed by atoms with E-state index in [4.69, 9.17) is 0 Å². The first-order valence-electron chi connectivity index (χ1n) is 5.94. The molecule has 3 rings (SSSR count). The number of carbonyl (C=O) groups is 1. The van der Waals surface area contributed by atoms with Crippen molar-refractivity contribution in [2.75, 3.05) is 0 Å². The molecule has 2 heterocycles. The summed E-state index contributed by atoms with van der Waals surface area (Å²) in [5.74, 6) is 0.106. The van der Waals surface area contributed by atoms with Crippen LogP contribution in [0.2, 0.25) is 0 Å². The van der Waals surface area contributed by atoms with Crippen LogP contribution in [0, 0.1) is 0 Å². The second-order valence-electron chi connectivity index (χ2n) is 5.44. The van der Waals surface area contributed by atoms with Gasteiger partial charge in [0.05, 0.1) is 6.42 Å². The molecule has 0 radical (unpaired) electrons. The van der Waals surface area contributed by atoms with Gasteiger partial charge in [0.1, 0.15) is 0 Å². The highest BCUT2D eigenvalue weighted by atomic mass is 16.1. The van der Waals surface area contributed by atoms with E-state index in [0.717, 1.165) is 17.5 Å². The smallest absolute Gasteiger partial charge is 0.224 e. The van der Waals surface area contributed by atoms with Gasteiger partial charge in [-0.05, 0) is 37.5 Å². The molecule has 88 valence electrons. The zero-order valence-corrected chi connectivity index (χ0v) is 10.1. The monoisotopic (exact) mass is 228 g/mol. The minimum absolute atomic E-state index is 0.106. The lowest BCUT2D eigenvalue weighted by Crippen LogP contribution is -2.46. The van der Waals surface area contributed by atoms with E-state index in [1.165, 1.54) is 10.9 Å². The molecule has 1 aliphatic heterocycles. The third-order valence-corrected chi connectivity index (χ3v) is 3.33. The summed E-state index contributed by atoms with van der Waals surface area (Å²) >= 11 is 0. The maximum Gasteiger partial charge on any atom is 0.224 e. The van der Waals surface area contributed by atoms with Crippen LogP contribution in [0.5, 0.6) is 0 Å². The summed E-state index contributed by atoms with van der Waals surface area (Å²) in [6, 6.07) is 6.10. The van der Waals surface area contributed by atoms with Crippen molar-refractivity contribution >= 4 is 16.8 Å². The first-order chi connectivity index (χ1) is 8.05. The summed E-state index contributed by atoms with van der Waals surface area (Å²) in [6.45, 7) is 4.13. The number of hydrogen-bond donors (Lipinski definition) is 2. The van der Waals surface area contributed by atoms with Gasteiger partial charge in [-0.2, -0.15) is 0 Å². The van der Waals surface area contributed by atoms with Gasteiger partial charge in [0, 0.05) is 22.6 Å². The van der Waals surface area contributed by atoms with Crippen molar-refractivity contribution in [3.63, 3.8) is 0 Å². The van der Waals surface area contributed by atoms with E-state index in [1.807, 2.05) is 12.1 Å². The van der Waals surface area contributed by atoms with Gasteiger partial charge in [0.2, 0.25) is 5.91 Å². The van der Waals surface area contributed by atoms with E-state index in [-0.39, 0.29) is 11.4 Å². The summed E-state index contributed by atoms with van der Waals surface area (Å²) in [4.78, 5) is 15.2. The molecule has 1 aliphatic rings. The molecule has 2 aromatic rings. The summed E-state index contributed by atoms with van der Waals surface area (Å²) in [6.07, 6.45) is 3.38. The third-order valence-electron chi connectivity index (χ3n) is 3.33. The average Bonchev–Trinajstić information content (AvgIpc) is 2.59. The van der Waals surface area contributed by atoms with E-state index in [1.54, 1.807) is 0 Å². The van der Waals surface area contributed by atoms with Gasteiger partial charge >= 0.3 is 0 Å². The highest BCUT2D eigenvalue weighted by Crippen LogP contribution is 2.28. The second-order valence-corrected chi connectivity index (χ2v) is 5.44. The van der Waals surface area contributed by atoms with Crippen LogP contribution in [0.15, 0.2) is 24.4 Å². The number of amides is 1. The number of benzene rings is 1. The quantitative estimate of drug-likeness (QED) is 0.713. The highest BCUT2D eigenvalue weighted by Gasteiger charge is 2.26. The molecular weight excluding hydrogens is 212 g/mol. The fourth-order valence-corrected chi connectivity index (χ4v) is 2.74. The molecule has 0 aliphatic carbocycles. The lowest BCUT2D eigenvalue weighted by atomic mass is 9.90. The molecule has 17 heavy (non-hydrogen) atoms. The molecule has 3 heteroatoms. The molecule has 1 aromatic heterocycles. The zero-order valence-electron chi connectivity index (χ0n) is 10.1. The topological polar surface area (TPSA) is 44.9 Å². The number of hydrogen-bond acceptors (Lipinski definition) is 1. The average molecular weight is 228 g/mol. The van der Waals surface area contributed by atoms with Crippen molar-refractivity contribution < 1.29 is 4.79 Å². The Hall–Kier alpha value is -1.77. The normalized spacial score (nSPS) is 18.6. The standard InChI is InChI=1S/C14H16N2O/c1-14(2)7-10-8-15-11-5-3-4-9(13(10)11)6-12(17)16-14/h3-5,8,15H,6-7H2,1-2H3,(H,16,17). The molecule has 1 aromatic carbocycles. The number of aromatic nitrogens is 1. The van der Waals surface area contributed by atoms with Crippen molar-refractivity contribution in [2.45, 2.75) is 32.2 Å². The van der Waals surface area contributed by atoms with Gasteiger partial charge in [0.25, 0.3) is 0 Å². The third kappa shape index (κ3) is 1.71. The predicted octanol–water partition coefficient (Wildman–Crippen LogP) is 2.16. The van der Waals surface area contributed by atoms with Gasteiger partial charge in [-0.25, -0.2) is 0 Å². The summed E-state index contributed by atoms with van der Waals surface area (Å²) in [7, 11) is 0. The molecule has 0 bridgehead atoms. The van der Waals surface area contributed by atoms with Gasteiger partial charge in [-0.1, -0.05) is 12.1 Å². The molecule has 0 saturated carbocycles. The van der Waals surface area contributed by atoms with Crippen molar-refractivity contribution in [1.82, 2.24) is 10.3 Å². The van der Waals surface area contributed by atoms with Crippen LogP contribution in [-0.4, -0.2) is 16.4 Å². The molecular formula is C14H16N2O. The Kier molecular flexibility index (Phi) is 2.05. The Balaban J connectivity index is 2.25. The zero-order chi connectivity index (χ0) is 12.0.